The van der Waals surface area contributed by atoms with Gasteiger partial charge in [0.15, 0.2) is 0 Å². The maximum absolute atomic E-state index is 13.2. The van der Waals surface area contributed by atoms with Gasteiger partial charge in [-0.15, -0.1) is 11.3 Å². The fraction of sp³-hybridized carbons (Fsp3) is 0.588. The predicted molar refractivity (Wildman–Crippen MR) is 106 cm³/mol. The van der Waals surface area contributed by atoms with Crippen LogP contribution in [0.4, 0.5) is 0 Å². The lowest BCUT2D eigenvalue weighted by Gasteiger charge is -2.26. The first kappa shape index (κ1) is 20.9. The molecule has 3 rings (SSSR count). The van der Waals surface area contributed by atoms with Crippen molar-refractivity contribution < 1.29 is 17.9 Å². The fourth-order valence-electron chi connectivity index (χ4n) is 3.07. The molecule has 1 fully saturated rings. The first-order valence-corrected chi connectivity index (χ1v) is 11.4. The molecule has 0 saturated carbocycles. The molecule has 2 aromatic heterocycles. The molecule has 0 spiro atoms. The Morgan fingerprint density at radius 2 is 2.07 bits per heavy atom. The molecule has 0 radical (unpaired) electrons. The number of ether oxygens (including phenoxy) is 1. The van der Waals surface area contributed by atoms with E-state index in [1.165, 1.54) is 22.0 Å². The van der Waals surface area contributed by atoms with Gasteiger partial charge >= 0.3 is 0 Å². The Hall–Kier alpha value is -1.82. The van der Waals surface area contributed by atoms with E-state index in [-0.39, 0.29) is 35.8 Å². The van der Waals surface area contributed by atoms with Gasteiger partial charge in [0.2, 0.25) is 15.9 Å². The van der Waals surface area contributed by atoms with Crippen LogP contribution in [0, 0.1) is 6.92 Å². The van der Waals surface area contributed by atoms with Gasteiger partial charge in [-0.25, -0.2) is 13.4 Å². The second kappa shape index (κ2) is 8.68. The fourth-order valence-corrected chi connectivity index (χ4v) is 6.14. The van der Waals surface area contributed by atoms with Crippen LogP contribution in [-0.2, 0) is 26.1 Å². The number of nitrogens with zero attached hydrogens (tertiary/aromatic N) is 3. The van der Waals surface area contributed by atoms with Gasteiger partial charge in [-0.3, -0.25) is 14.2 Å². The van der Waals surface area contributed by atoms with E-state index in [1.807, 2.05) is 6.92 Å². The molecule has 1 N–H and O–H groups in total. The van der Waals surface area contributed by atoms with Crippen LogP contribution in [0.15, 0.2) is 16.0 Å². The average Bonchev–Trinajstić information content (AvgIpc) is 3.02. The lowest BCUT2D eigenvalue weighted by atomic mass is 10.3. The summed E-state index contributed by atoms with van der Waals surface area (Å²) in [5.41, 5.74) is -0.521. The normalized spacial score (nSPS) is 15.8. The topological polar surface area (TPSA) is 111 Å². The second-order valence-corrected chi connectivity index (χ2v) is 9.64. The van der Waals surface area contributed by atoms with E-state index >= 15 is 0 Å². The standard InChI is InChI=1S/C17H24N4O5S2/c1-3-4-5-18-13(22)10-20-11-19-16-14(17(20)23)15(12(2)27-16)28(24,25)21-6-8-26-9-7-21/h11H,3-10H2,1-2H3,(H,18,22). The lowest BCUT2D eigenvalue weighted by molar-refractivity contribution is -0.121. The van der Waals surface area contributed by atoms with E-state index in [2.05, 4.69) is 10.3 Å². The number of hydrogen-bond acceptors (Lipinski definition) is 7. The molecule has 11 heteroatoms. The quantitative estimate of drug-likeness (QED) is 0.650. The number of morpholine rings is 1. The minimum Gasteiger partial charge on any atom is -0.379 e. The highest BCUT2D eigenvalue weighted by molar-refractivity contribution is 7.89. The zero-order valence-corrected chi connectivity index (χ0v) is 17.6. The zero-order valence-electron chi connectivity index (χ0n) is 15.9. The van der Waals surface area contributed by atoms with Crippen molar-refractivity contribution in [2.75, 3.05) is 32.8 Å². The third-order valence-electron chi connectivity index (χ3n) is 4.53. The number of carbonyl (C=O) groups excluding carboxylic acids is 1. The van der Waals surface area contributed by atoms with Crippen molar-refractivity contribution in [1.82, 2.24) is 19.2 Å². The predicted octanol–water partition coefficient (Wildman–Crippen LogP) is 0.704. The first-order valence-electron chi connectivity index (χ1n) is 9.19. The molecule has 0 atom stereocenters. The number of sulfonamides is 1. The Bertz CT molecular complexity index is 1020. The van der Waals surface area contributed by atoms with Gasteiger partial charge in [0.25, 0.3) is 5.56 Å². The monoisotopic (exact) mass is 428 g/mol. The molecular weight excluding hydrogens is 404 g/mol. The maximum atomic E-state index is 13.2. The molecule has 2 aromatic rings. The van der Waals surface area contributed by atoms with Gasteiger partial charge in [-0.05, 0) is 13.3 Å². The summed E-state index contributed by atoms with van der Waals surface area (Å²) in [6, 6.07) is 0. The van der Waals surface area contributed by atoms with Crippen molar-refractivity contribution in [2.45, 2.75) is 38.1 Å². The minimum absolute atomic E-state index is 0.00681. The molecule has 28 heavy (non-hydrogen) atoms. The number of aryl methyl sites for hydroxylation is 1. The number of rotatable bonds is 7. The van der Waals surface area contributed by atoms with Crippen molar-refractivity contribution >= 4 is 37.5 Å². The molecule has 0 bridgehead atoms. The molecule has 0 unspecified atom stereocenters. The summed E-state index contributed by atoms with van der Waals surface area (Å²) in [4.78, 5) is 30.2. The molecule has 0 aliphatic carbocycles. The largest absolute Gasteiger partial charge is 0.379 e. The highest BCUT2D eigenvalue weighted by atomic mass is 32.2. The van der Waals surface area contributed by atoms with Crippen molar-refractivity contribution in [2.24, 2.45) is 0 Å². The summed E-state index contributed by atoms with van der Waals surface area (Å²) in [6.45, 7) is 5.15. The number of nitrogens with one attached hydrogen (secondary N) is 1. The van der Waals surface area contributed by atoms with E-state index in [9.17, 15) is 18.0 Å². The highest BCUT2D eigenvalue weighted by Crippen LogP contribution is 2.33. The second-order valence-electron chi connectivity index (χ2n) is 6.57. The van der Waals surface area contributed by atoms with E-state index in [0.717, 1.165) is 17.4 Å². The number of unbranched alkanes of at least 4 members (excludes halogenated alkanes) is 1. The summed E-state index contributed by atoms with van der Waals surface area (Å²) in [5, 5.41) is 2.80. The Morgan fingerprint density at radius 3 is 2.75 bits per heavy atom. The summed E-state index contributed by atoms with van der Waals surface area (Å²) in [5.74, 6) is -0.304. The van der Waals surface area contributed by atoms with Crippen LogP contribution in [-0.4, -0.2) is 61.0 Å². The van der Waals surface area contributed by atoms with Crippen molar-refractivity contribution in [3.05, 3.63) is 21.6 Å². The number of amides is 1. The molecule has 1 amide bonds. The maximum Gasteiger partial charge on any atom is 0.263 e. The third-order valence-corrected chi connectivity index (χ3v) is 7.75. The Morgan fingerprint density at radius 1 is 1.36 bits per heavy atom. The van der Waals surface area contributed by atoms with Gasteiger partial charge < -0.3 is 10.1 Å². The Labute approximate surface area is 167 Å². The number of thiophene rings is 1. The molecule has 1 aliphatic rings. The average molecular weight is 429 g/mol. The number of carbonyl (C=O) groups is 1. The van der Waals surface area contributed by atoms with Crippen LogP contribution in [0.5, 0.6) is 0 Å². The third kappa shape index (κ3) is 4.12. The Kier molecular flexibility index (Phi) is 6.48. The lowest BCUT2D eigenvalue weighted by Crippen LogP contribution is -2.41. The van der Waals surface area contributed by atoms with Crippen LogP contribution < -0.4 is 10.9 Å². The van der Waals surface area contributed by atoms with Crippen LogP contribution in [0.3, 0.4) is 0 Å². The van der Waals surface area contributed by atoms with Crippen molar-refractivity contribution in [3.8, 4) is 0 Å². The van der Waals surface area contributed by atoms with E-state index < -0.39 is 15.6 Å². The molecule has 0 aromatic carbocycles. The molecule has 1 saturated heterocycles. The molecule has 154 valence electrons. The van der Waals surface area contributed by atoms with Crippen LogP contribution in [0.1, 0.15) is 24.6 Å². The van der Waals surface area contributed by atoms with Gasteiger partial charge in [0.1, 0.15) is 16.3 Å². The summed E-state index contributed by atoms with van der Waals surface area (Å²) < 4.78 is 34.1. The van der Waals surface area contributed by atoms with Crippen LogP contribution >= 0.6 is 11.3 Å². The molecule has 3 heterocycles. The summed E-state index contributed by atoms with van der Waals surface area (Å²) in [7, 11) is -3.85. The van der Waals surface area contributed by atoms with E-state index in [4.69, 9.17) is 4.74 Å². The highest BCUT2D eigenvalue weighted by Gasteiger charge is 2.32. The zero-order chi connectivity index (χ0) is 20.3. The van der Waals surface area contributed by atoms with Gasteiger partial charge in [-0.1, -0.05) is 13.3 Å². The molecule has 1 aliphatic heterocycles. The SMILES string of the molecule is CCCCNC(=O)Cn1cnc2sc(C)c(S(=O)(=O)N3CCOCC3)c2c1=O. The van der Waals surface area contributed by atoms with Crippen molar-refractivity contribution in [1.29, 1.82) is 0 Å². The summed E-state index contributed by atoms with van der Waals surface area (Å²) >= 11 is 1.17. The number of aromatic nitrogens is 2. The van der Waals surface area contributed by atoms with Crippen LogP contribution in [0.2, 0.25) is 0 Å². The van der Waals surface area contributed by atoms with Gasteiger partial charge in [-0.2, -0.15) is 4.31 Å². The number of hydrogen-bond donors (Lipinski definition) is 1. The smallest absolute Gasteiger partial charge is 0.263 e. The van der Waals surface area contributed by atoms with Gasteiger partial charge in [0, 0.05) is 24.5 Å². The first-order chi connectivity index (χ1) is 13.4. The number of fused-ring (bicyclic) bond motifs is 1. The molecule has 9 nitrogen and oxygen atoms in total. The Balaban J connectivity index is 1.99. The summed E-state index contributed by atoms with van der Waals surface area (Å²) in [6.07, 6.45) is 3.10. The van der Waals surface area contributed by atoms with Gasteiger partial charge in [0.05, 0.1) is 24.9 Å². The van der Waals surface area contributed by atoms with E-state index in [1.54, 1.807) is 6.92 Å². The molecular formula is C17H24N4O5S2. The van der Waals surface area contributed by atoms with Crippen LogP contribution in [0.25, 0.3) is 10.2 Å². The minimum atomic E-state index is -3.85. The van der Waals surface area contributed by atoms with Crippen molar-refractivity contribution in [3.63, 3.8) is 0 Å². The van der Waals surface area contributed by atoms with E-state index in [0.29, 0.717) is 29.5 Å².